The smallest absolute Gasteiger partial charge is 0.245 e. The lowest BCUT2D eigenvalue weighted by atomic mass is 9.92. The molecule has 1 aromatic heterocycles. The van der Waals surface area contributed by atoms with Gasteiger partial charge in [-0.05, 0) is 20.8 Å². The van der Waals surface area contributed by atoms with Gasteiger partial charge in [0.25, 0.3) is 0 Å². The Morgan fingerprint density at radius 2 is 2.16 bits per heavy atom. The zero-order valence-corrected chi connectivity index (χ0v) is 11.7. The van der Waals surface area contributed by atoms with Gasteiger partial charge in [-0.3, -0.25) is 9.59 Å². The molecule has 0 unspecified atom stereocenters. The number of nitrogens with two attached hydrogens (primary N) is 1. The fourth-order valence-corrected chi connectivity index (χ4v) is 1.50. The van der Waals surface area contributed by atoms with Crippen molar-refractivity contribution in [1.29, 1.82) is 0 Å². The summed E-state index contributed by atoms with van der Waals surface area (Å²) in [7, 11) is 1.56. The summed E-state index contributed by atoms with van der Waals surface area (Å²) in [6, 6.07) is 1.60. The van der Waals surface area contributed by atoms with Crippen LogP contribution in [0.5, 0.6) is 0 Å². The molecule has 0 saturated carbocycles. The number of nitrogens with zero attached hydrogens (tertiary/aromatic N) is 2. The number of carbonyl (C=O) groups is 2. The van der Waals surface area contributed by atoms with Gasteiger partial charge in [-0.25, -0.2) is 0 Å². The van der Waals surface area contributed by atoms with Crippen LogP contribution in [0.3, 0.4) is 0 Å². The average molecular weight is 268 g/mol. The monoisotopic (exact) mass is 268 g/mol. The Bertz CT molecular complexity index is 467. The summed E-state index contributed by atoms with van der Waals surface area (Å²) in [6.45, 7) is 5.37. The number of anilines is 1. The molecule has 1 aromatic rings. The molecule has 1 heterocycles. The molecule has 0 bridgehead atoms. The first-order valence-corrected chi connectivity index (χ1v) is 5.95. The molecule has 0 aliphatic carbocycles. The highest BCUT2D eigenvalue weighted by molar-refractivity contribution is 5.94. The fourth-order valence-electron chi connectivity index (χ4n) is 1.50. The van der Waals surface area contributed by atoms with Crippen LogP contribution in [0.15, 0.2) is 10.6 Å². The summed E-state index contributed by atoms with van der Waals surface area (Å²) in [5, 5.41) is 6.19. The van der Waals surface area contributed by atoms with E-state index in [1.807, 2.05) is 0 Å². The molecule has 7 heteroatoms. The highest BCUT2D eigenvalue weighted by Gasteiger charge is 2.29. The molecule has 0 aromatic carbocycles. The Hall–Kier alpha value is -1.89. The van der Waals surface area contributed by atoms with Gasteiger partial charge < -0.3 is 20.5 Å². The van der Waals surface area contributed by atoms with Crippen molar-refractivity contribution < 1.29 is 14.1 Å². The van der Waals surface area contributed by atoms with Crippen molar-refractivity contribution >= 4 is 17.6 Å². The van der Waals surface area contributed by atoms with Gasteiger partial charge in [-0.1, -0.05) is 5.16 Å². The molecule has 1 rings (SSSR count). The molecule has 19 heavy (non-hydrogen) atoms. The van der Waals surface area contributed by atoms with Gasteiger partial charge >= 0.3 is 0 Å². The van der Waals surface area contributed by atoms with Gasteiger partial charge in [0.05, 0.1) is 12.0 Å². The number of hydrogen-bond acceptors (Lipinski definition) is 5. The standard InChI is InChI=1S/C12H20N4O3/c1-8-5-9(15-19-8)14-10(17)6-16(4)11(18)12(2,3)7-13/h5H,6-7,13H2,1-4H3,(H,14,15,17). The minimum Gasteiger partial charge on any atom is -0.360 e. The number of aromatic nitrogens is 1. The highest BCUT2D eigenvalue weighted by atomic mass is 16.5. The largest absolute Gasteiger partial charge is 0.360 e. The Balaban J connectivity index is 2.55. The van der Waals surface area contributed by atoms with Crippen molar-refractivity contribution in [3.63, 3.8) is 0 Å². The van der Waals surface area contributed by atoms with Crippen LogP contribution in [0.1, 0.15) is 19.6 Å². The van der Waals surface area contributed by atoms with Gasteiger partial charge in [0, 0.05) is 19.7 Å². The lowest BCUT2D eigenvalue weighted by Gasteiger charge is -2.27. The van der Waals surface area contributed by atoms with Crippen LogP contribution < -0.4 is 11.1 Å². The van der Waals surface area contributed by atoms with Crippen LogP contribution >= 0.6 is 0 Å². The quantitative estimate of drug-likeness (QED) is 0.803. The summed E-state index contributed by atoms with van der Waals surface area (Å²) >= 11 is 0. The molecule has 0 aliphatic heterocycles. The van der Waals surface area contributed by atoms with Gasteiger partial charge in [0.1, 0.15) is 5.76 Å². The molecule has 2 amide bonds. The van der Waals surface area contributed by atoms with E-state index in [1.54, 1.807) is 33.9 Å². The summed E-state index contributed by atoms with van der Waals surface area (Å²) in [6.07, 6.45) is 0. The van der Waals surface area contributed by atoms with E-state index in [1.165, 1.54) is 4.90 Å². The van der Waals surface area contributed by atoms with E-state index in [-0.39, 0.29) is 24.9 Å². The van der Waals surface area contributed by atoms with Crippen LogP contribution in [0, 0.1) is 12.3 Å². The number of carbonyl (C=O) groups excluding carboxylic acids is 2. The lowest BCUT2D eigenvalue weighted by Crippen LogP contribution is -2.45. The first-order chi connectivity index (χ1) is 8.76. The Labute approximate surface area is 112 Å². The predicted octanol–water partition coefficient (Wildman–Crippen LogP) is 0.365. The Kier molecular flexibility index (Phi) is 4.66. The van der Waals surface area contributed by atoms with Crippen molar-refractivity contribution in [3.05, 3.63) is 11.8 Å². The maximum absolute atomic E-state index is 12.0. The number of likely N-dealkylation sites (N-methyl/N-ethyl adjacent to an activating group) is 1. The third-order valence-electron chi connectivity index (χ3n) is 2.71. The zero-order chi connectivity index (χ0) is 14.6. The van der Waals surface area contributed by atoms with Crippen molar-refractivity contribution in [2.75, 3.05) is 25.5 Å². The van der Waals surface area contributed by atoms with Crippen molar-refractivity contribution in [2.24, 2.45) is 11.1 Å². The second-order valence-electron chi connectivity index (χ2n) is 5.12. The number of hydrogen-bond donors (Lipinski definition) is 2. The van der Waals surface area contributed by atoms with Gasteiger partial charge in [0.15, 0.2) is 5.82 Å². The maximum Gasteiger partial charge on any atom is 0.245 e. The Morgan fingerprint density at radius 1 is 1.53 bits per heavy atom. The van der Waals surface area contributed by atoms with Crippen LogP contribution in [0.25, 0.3) is 0 Å². The van der Waals surface area contributed by atoms with Crippen LogP contribution in [0.2, 0.25) is 0 Å². The predicted molar refractivity (Wildman–Crippen MR) is 70.3 cm³/mol. The van der Waals surface area contributed by atoms with E-state index in [0.717, 1.165) is 0 Å². The molecule has 0 radical (unpaired) electrons. The highest BCUT2D eigenvalue weighted by Crippen LogP contribution is 2.16. The number of amides is 2. The summed E-state index contributed by atoms with van der Waals surface area (Å²) in [4.78, 5) is 25.1. The fraction of sp³-hybridized carbons (Fsp3) is 0.583. The van der Waals surface area contributed by atoms with Gasteiger partial charge in [-0.2, -0.15) is 0 Å². The third kappa shape index (κ3) is 4.06. The van der Waals surface area contributed by atoms with E-state index < -0.39 is 5.41 Å². The molecule has 0 aliphatic rings. The first kappa shape index (κ1) is 15.2. The topological polar surface area (TPSA) is 101 Å². The Morgan fingerprint density at radius 3 is 2.63 bits per heavy atom. The van der Waals surface area contributed by atoms with Gasteiger partial charge in [0.2, 0.25) is 11.8 Å². The van der Waals surface area contributed by atoms with E-state index in [0.29, 0.717) is 11.6 Å². The molecule has 0 saturated heterocycles. The van der Waals surface area contributed by atoms with Crippen LogP contribution in [-0.2, 0) is 9.59 Å². The molecule has 0 atom stereocenters. The zero-order valence-electron chi connectivity index (χ0n) is 11.7. The number of nitrogens with one attached hydrogen (secondary N) is 1. The van der Waals surface area contributed by atoms with E-state index in [9.17, 15) is 9.59 Å². The molecular formula is C12H20N4O3. The molecule has 106 valence electrons. The average Bonchev–Trinajstić information content (AvgIpc) is 2.73. The SMILES string of the molecule is Cc1cc(NC(=O)CN(C)C(=O)C(C)(C)CN)no1. The van der Waals surface area contributed by atoms with E-state index in [2.05, 4.69) is 10.5 Å². The van der Waals surface area contributed by atoms with Crippen molar-refractivity contribution in [3.8, 4) is 0 Å². The minimum atomic E-state index is -0.681. The first-order valence-electron chi connectivity index (χ1n) is 5.95. The molecule has 3 N–H and O–H groups in total. The minimum absolute atomic E-state index is 0.0613. The van der Waals surface area contributed by atoms with Crippen LogP contribution in [-0.4, -0.2) is 42.0 Å². The third-order valence-corrected chi connectivity index (χ3v) is 2.71. The molecule has 7 nitrogen and oxygen atoms in total. The van der Waals surface area contributed by atoms with Gasteiger partial charge in [-0.15, -0.1) is 0 Å². The normalized spacial score (nSPS) is 11.2. The maximum atomic E-state index is 12.0. The summed E-state index contributed by atoms with van der Waals surface area (Å²) in [5.74, 6) is 0.420. The second-order valence-corrected chi connectivity index (χ2v) is 5.12. The van der Waals surface area contributed by atoms with E-state index >= 15 is 0 Å². The van der Waals surface area contributed by atoms with E-state index in [4.69, 9.17) is 10.3 Å². The second kappa shape index (κ2) is 5.83. The summed E-state index contributed by atoms with van der Waals surface area (Å²) in [5.41, 5.74) is 4.85. The molecular weight excluding hydrogens is 248 g/mol. The lowest BCUT2D eigenvalue weighted by molar-refractivity contribution is -0.140. The number of rotatable bonds is 5. The summed E-state index contributed by atoms with van der Waals surface area (Å²) < 4.78 is 4.83. The molecule has 0 fully saturated rings. The van der Waals surface area contributed by atoms with Crippen molar-refractivity contribution in [2.45, 2.75) is 20.8 Å². The van der Waals surface area contributed by atoms with Crippen molar-refractivity contribution in [1.82, 2.24) is 10.1 Å². The molecule has 0 spiro atoms. The number of aryl methyl sites for hydroxylation is 1. The van der Waals surface area contributed by atoms with Crippen LogP contribution in [0.4, 0.5) is 5.82 Å².